The summed E-state index contributed by atoms with van der Waals surface area (Å²) in [6.07, 6.45) is 1.58. The van der Waals surface area contributed by atoms with Gasteiger partial charge in [-0.3, -0.25) is 9.59 Å². The van der Waals surface area contributed by atoms with Gasteiger partial charge in [-0.1, -0.05) is 25.1 Å². The summed E-state index contributed by atoms with van der Waals surface area (Å²) in [6.45, 7) is 1.49. The Morgan fingerprint density at radius 2 is 2.12 bits per heavy atom. The number of halogens is 1. The second kappa shape index (κ2) is 8.64. The Labute approximate surface area is 199 Å². The van der Waals surface area contributed by atoms with Crippen LogP contribution >= 0.6 is 12.4 Å². The molecule has 1 aromatic carbocycles. The van der Waals surface area contributed by atoms with Crippen LogP contribution in [0.3, 0.4) is 0 Å². The van der Waals surface area contributed by atoms with Crippen LogP contribution in [0.2, 0.25) is 0 Å². The van der Waals surface area contributed by atoms with Crippen molar-refractivity contribution in [2.45, 2.75) is 32.1 Å². The van der Waals surface area contributed by atoms with Gasteiger partial charge < -0.3 is 20.1 Å². The first-order chi connectivity index (χ1) is 15.9. The van der Waals surface area contributed by atoms with E-state index in [1.165, 1.54) is 6.21 Å². The van der Waals surface area contributed by atoms with E-state index < -0.39 is 17.5 Å². The van der Waals surface area contributed by atoms with Crippen LogP contribution in [0, 0.1) is 0 Å². The summed E-state index contributed by atoms with van der Waals surface area (Å²) in [6, 6.07) is 9.09. The predicted molar refractivity (Wildman–Crippen MR) is 127 cm³/mol. The Balaban J connectivity index is 0.00000274. The Kier molecular flexibility index (Phi) is 5.98. The van der Waals surface area contributed by atoms with Crippen molar-refractivity contribution in [3.05, 3.63) is 62.9 Å². The fourth-order valence-electron chi connectivity index (χ4n) is 4.42. The average molecular weight is 484 g/mol. The van der Waals surface area contributed by atoms with Gasteiger partial charge in [-0.05, 0) is 18.6 Å². The number of ether oxygens (including phenoxy) is 1. The fraction of sp³-hybridized carbons (Fsp3) is 0.261. The maximum atomic E-state index is 13.4. The zero-order valence-corrected chi connectivity index (χ0v) is 19.0. The molecular formula is C23H22ClN5O5. The molecule has 176 valence electrons. The number of nitrogens with one attached hydrogen (secondary N) is 1. The van der Waals surface area contributed by atoms with Crippen molar-refractivity contribution >= 4 is 41.4 Å². The Morgan fingerprint density at radius 3 is 2.85 bits per heavy atom. The molecule has 0 aliphatic carbocycles. The molecule has 0 unspecified atom stereocenters. The van der Waals surface area contributed by atoms with E-state index in [0.29, 0.717) is 22.5 Å². The van der Waals surface area contributed by atoms with E-state index >= 15 is 0 Å². The summed E-state index contributed by atoms with van der Waals surface area (Å²) in [5.74, 6) is -1.20. The summed E-state index contributed by atoms with van der Waals surface area (Å²) in [7, 11) is 0. The third kappa shape index (κ3) is 3.38. The van der Waals surface area contributed by atoms with E-state index in [4.69, 9.17) is 15.5 Å². The number of hydrazone groups is 1. The maximum absolute atomic E-state index is 13.4. The zero-order chi connectivity index (χ0) is 23.3. The highest BCUT2D eigenvalue weighted by Crippen LogP contribution is 2.39. The average Bonchev–Trinajstić information content (AvgIpc) is 3.20. The molecule has 0 saturated carbocycles. The number of hydrogen-bond acceptors (Lipinski definition) is 8. The zero-order valence-electron chi connectivity index (χ0n) is 18.2. The monoisotopic (exact) mass is 483 g/mol. The third-order valence-electron chi connectivity index (χ3n) is 6.21. The number of nitrogens with zero attached hydrogens (tertiary/aromatic N) is 3. The highest BCUT2D eigenvalue weighted by atomic mass is 35.5. The summed E-state index contributed by atoms with van der Waals surface area (Å²) in [5, 5.41) is 15.8. The molecule has 0 bridgehead atoms. The molecule has 2 aliphatic heterocycles. The highest BCUT2D eigenvalue weighted by molar-refractivity contribution is 6.02. The van der Waals surface area contributed by atoms with E-state index in [9.17, 15) is 19.5 Å². The number of hydrogen-bond donors (Lipinski definition) is 3. The molecule has 2 aliphatic rings. The number of carbonyl (C=O) groups excluding carboxylic acids is 2. The molecule has 4 heterocycles. The van der Waals surface area contributed by atoms with Crippen LogP contribution in [0.1, 0.15) is 35.6 Å². The molecule has 0 spiro atoms. The van der Waals surface area contributed by atoms with E-state index in [1.807, 2.05) is 24.3 Å². The number of carbonyl (C=O) groups is 2. The van der Waals surface area contributed by atoms with Crippen molar-refractivity contribution in [1.29, 1.82) is 0 Å². The normalized spacial score (nSPS) is 18.1. The molecule has 0 saturated heterocycles. The van der Waals surface area contributed by atoms with Crippen molar-refractivity contribution < 1.29 is 19.4 Å². The van der Waals surface area contributed by atoms with Crippen molar-refractivity contribution in [1.82, 2.24) is 15.0 Å². The van der Waals surface area contributed by atoms with Gasteiger partial charge in [0.15, 0.2) is 5.60 Å². The van der Waals surface area contributed by atoms with Gasteiger partial charge in [-0.2, -0.15) is 5.10 Å². The number of nitrogens with two attached hydrogens (primary N) is 1. The molecule has 0 radical (unpaired) electrons. The van der Waals surface area contributed by atoms with Crippen LogP contribution in [0.15, 0.2) is 40.2 Å². The summed E-state index contributed by atoms with van der Waals surface area (Å²) in [4.78, 5) is 42.0. The molecular weight excluding hydrogens is 462 g/mol. The van der Waals surface area contributed by atoms with Crippen molar-refractivity contribution in [2.24, 2.45) is 10.8 Å². The Bertz CT molecular complexity index is 1430. The van der Waals surface area contributed by atoms with Gasteiger partial charge in [0.25, 0.3) is 11.5 Å². The number of cyclic esters (lactones) is 1. The lowest BCUT2D eigenvalue weighted by Crippen LogP contribution is -2.44. The minimum Gasteiger partial charge on any atom is -0.458 e. The smallest absolute Gasteiger partial charge is 0.343 e. The van der Waals surface area contributed by atoms with Gasteiger partial charge in [0.1, 0.15) is 6.61 Å². The van der Waals surface area contributed by atoms with Gasteiger partial charge in [0.05, 0.1) is 41.8 Å². The quantitative estimate of drug-likeness (QED) is 0.222. The first-order valence-electron chi connectivity index (χ1n) is 10.5. The molecule has 0 fully saturated rings. The topological polar surface area (TPSA) is 149 Å². The standard InChI is InChI=1S/C23H21N5O5.ClH/c1-2-23(32)16-7-18-20-14(10-28(18)21(30)15(16)11-33-22(23)31)13(9-25-27-19(29)8-24)12-5-3-4-6-17(12)26-20;/h3-7,9,32H,2,8,10-11,24H2,1H3,(H,27,29);1H/b25-9+;/t23-;/m0./s1. The molecule has 11 heteroatoms. The van der Waals surface area contributed by atoms with Crippen LogP contribution in [0.5, 0.6) is 0 Å². The van der Waals surface area contributed by atoms with E-state index in [1.54, 1.807) is 17.6 Å². The number of aliphatic hydroxyl groups is 1. The lowest BCUT2D eigenvalue weighted by atomic mass is 9.86. The number of esters is 1. The predicted octanol–water partition coefficient (Wildman–Crippen LogP) is 0.910. The van der Waals surface area contributed by atoms with Gasteiger partial charge in [-0.25, -0.2) is 15.2 Å². The van der Waals surface area contributed by atoms with Crippen LogP contribution in [0.4, 0.5) is 0 Å². The van der Waals surface area contributed by atoms with E-state index in [-0.39, 0.29) is 55.2 Å². The van der Waals surface area contributed by atoms with Crippen molar-refractivity contribution in [2.75, 3.05) is 6.54 Å². The Hall–Kier alpha value is -3.60. The van der Waals surface area contributed by atoms with Crippen LogP contribution in [-0.2, 0) is 33.1 Å². The molecule has 1 amide bonds. The maximum Gasteiger partial charge on any atom is 0.343 e. The second-order valence-electron chi connectivity index (χ2n) is 7.97. The molecule has 5 rings (SSSR count). The summed E-state index contributed by atoms with van der Waals surface area (Å²) >= 11 is 0. The molecule has 1 atom stereocenters. The number of fused-ring (bicyclic) bond motifs is 5. The minimum absolute atomic E-state index is 0. The van der Waals surface area contributed by atoms with Gasteiger partial charge in [0.2, 0.25) is 0 Å². The number of benzene rings is 1. The number of pyridine rings is 2. The first-order valence-corrected chi connectivity index (χ1v) is 10.5. The summed E-state index contributed by atoms with van der Waals surface area (Å²) in [5.41, 5.74) is 9.13. The second-order valence-corrected chi connectivity index (χ2v) is 7.97. The van der Waals surface area contributed by atoms with E-state index in [2.05, 4.69) is 10.5 Å². The minimum atomic E-state index is -1.89. The van der Waals surface area contributed by atoms with Gasteiger partial charge in [0, 0.05) is 22.1 Å². The van der Waals surface area contributed by atoms with Crippen molar-refractivity contribution in [3.63, 3.8) is 0 Å². The highest BCUT2D eigenvalue weighted by Gasteiger charge is 2.45. The number of rotatable bonds is 4. The van der Waals surface area contributed by atoms with Gasteiger partial charge in [-0.15, -0.1) is 12.4 Å². The summed E-state index contributed by atoms with van der Waals surface area (Å²) < 4.78 is 6.67. The number of para-hydroxylation sites is 1. The SMILES string of the molecule is CC[C@@]1(O)C(=O)OCc2c1cc1n(c2=O)Cc2c-1nc1ccccc1c2/C=N/NC(=O)CN.Cl. The number of amides is 1. The van der Waals surface area contributed by atoms with Crippen LogP contribution < -0.4 is 16.7 Å². The Morgan fingerprint density at radius 1 is 1.35 bits per heavy atom. The lowest BCUT2D eigenvalue weighted by Gasteiger charge is -2.31. The molecule has 3 aromatic rings. The van der Waals surface area contributed by atoms with Crippen LogP contribution in [0.25, 0.3) is 22.3 Å². The molecule has 4 N–H and O–H groups in total. The fourth-order valence-corrected chi connectivity index (χ4v) is 4.42. The van der Waals surface area contributed by atoms with Gasteiger partial charge >= 0.3 is 5.97 Å². The lowest BCUT2D eigenvalue weighted by molar-refractivity contribution is -0.172. The molecule has 2 aromatic heterocycles. The first kappa shape index (κ1) is 23.6. The third-order valence-corrected chi connectivity index (χ3v) is 6.21. The number of aromatic nitrogens is 2. The van der Waals surface area contributed by atoms with E-state index in [0.717, 1.165) is 10.9 Å². The molecule has 10 nitrogen and oxygen atoms in total. The van der Waals surface area contributed by atoms with Crippen LogP contribution in [-0.4, -0.2) is 39.3 Å². The largest absolute Gasteiger partial charge is 0.458 e. The van der Waals surface area contributed by atoms with Crippen molar-refractivity contribution in [3.8, 4) is 11.4 Å². The molecule has 34 heavy (non-hydrogen) atoms.